The molecule has 2 unspecified atom stereocenters. The Hall–Kier alpha value is -0.370. The smallest absolute Gasteiger partial charge is 0.163 e. The summed E-state index contributed by atoms with van der Waals surface area (Å²) in [5.74, 6) is 1.07. The van der Waals surface area contributed by atoms with Gasteiger partial charge in [0.15, 0.2) is 5.72 Å². The number of methoxy groups -OCH3 is 1. The molecule has 0 heterocycles. The molecule has 1 saturated carbocycles. The highest BCUT2D eigenvalue weighted by atomic mass is 16.5. The van der Waals surface area contributed by atoms with Gasteiger partial charge in [-0.1, -0.05) is 20.3 Å². The van der Waals surface area contributed by atoms with Crippen LogP contribution in [0.3, 0.4) is 0 Å². The van der Waals surface area contributed by atoms with E-state index < -0.39 is 0 Å². The highest BCUT2D eigenvalue weighted by Gasteiger charge is 2.43. The molecular formula is C12H23NO. The predicted molar refractivity (Wildman–Crippen MR) is 60.7 cm³/mol. The minimum atomic E-state index is -0.253. The fourth-order valence-electron chi connectivity index (χ4n) is 2.65. The lowest BCUT2D eigenvalue weighted by atomic mass is 9.75. The monoisotopic (exact) mass is 197 g/mol. The van der Waals surface area contributed by atoms with Crippen LogP contribution in [-0.2, 0) is 4.74 Å². The maximum Gasteiger partial charge on any atom is 0.163 e. The molecule has 0 aromatic carbocycles. The maximum absolute atomic E-state index is 5.73. The molecule has 0 amide bonds. The lowest BCUT2D eigenvalue weighted by Gasteiger charge is -2.43. The Balaban J connectivity index is 2.98. The molecule has 0 aromatic heterocycles. The molecule has 2 atom stereocenters. The Bertz CT molecular complexity index is 208. The second-order valence-corrected chi connectivity index (χ2v) is 4.75. The molecule has 82 valence electrons. The van der Waals surface area contributed by atoms with Gasteiger partial charge in [-0.3, -0.25) is 4.99 Å². The van der Waals surface area contributed by atoms with Crippen molar-refractivity contribution in [1.82, 2.24) is 0 Å². The third-order valence-electron chi connectivity index (χ3n) is 3.41. The Morgan fingerprint density at radius 1 is 1.21 bits per heavy atom. The fraction of sp³-hybridized carbons (Fsp3) is 0.917. The molecular weight excluding hydrogens is 174 g/mol. The van der Waals surface area contributed by atoms with Gasteiger partial charge in [0.1, 0.15) is 0 Å². The van der Waals surface area contributed by atoms with Crippen molar-refractivity contribution in [1.29, 1.82) is 0 Å². The molecule has 1 fully saturated rings. The van der Waals surface area contributed by atoms with E-state index in [0.29, 0.717) is 11.8 Å². The molecule has 0 radical (unpaired) electrons. The van der Waals surface area contributed by atoms with Crippen LogP contribution in [0.15, 0.2) is 4.99 Å². The van der Waals surface area contributed by atoms with E-state index in [9.17, 15) is 0 Å². The van der Waals surface area contributed by atoms with Crippen LogP contribution < -0.4 is 0 Å². The Kier molecular flexibility index (Phi) is 3.71. The van der Waals surface area contributed by atoms with Gasteiger partial charge in [-0.05, 0) is 26.7 Å². The van der Waals surface area contributed by atoms with E-state index in [-0.39, 0.29) is 5.72 Å². The van der Waals surface area contributed by atoms with Crippen LogP contribution in [0.4, 0.5) is 0 Å². The first kappa shape index (κ1) is 11.7. The van der Waals surface area contributed by atoms with Gasteiger partial charge in [0.25, 0.3) is 0 Å². The number of hydrogen-bond acceptors (Lipinski definition) is 2. The van der Waals surface area contributed by atoms with Crippen LogP contribution >= 0.6 is 0 Å². The molecule has 14 heavy (non-hydrogen) atoms. The third-order valence-corrected chi connectivity index (χ3v) is 3.41. The highest BCUT2D eigenvalue weighted by molar-refractivity contribution is 5.79. The summed E-state index contributed by atoms with van der Waals surface area (Å²) in [6, 6.07) is 0. The van der Waals surface area contributed by atoms with E-state index in [1.165, 1.54) is 19.3 Å². The van der Waals surface area contributed by atoms with E-state index in [1.54, 1.807) is 7.11 Å². The molecule has 1 aliphatic carbocycles. The normalized spacial score (nSPS) is 38.1. The first-order valence-corrected chi connectivity index (χ1v) is 5.61. The second-order valence-electron chi connectivity index (χ2n) is 4.75. The largest absolute Gasteiger partial charge is 0.357 e. The van der Waals surface area contributed by atoms with Crippen LogP contribution in [0.5, 0.6) is 0 Å². The quantitative estimate of drug-likeness (QED) is 0.623. The maximum atomic E-state index is 5.73. The molecule has 2 nitrogen and oxygen atoms in total. The van der Waals surface area contributed by atoms with Gasteiger partial charge in [0.2, 0.25) is 0 Å². The second kappa shape index (κ2) is 4.43. The minimum absolute atomic E-state index is 0.253. The molecule has 0 N–H and O–H groups in total. The molecule has 0 bridgehead atoms. The van der Waals surface area contributed by atoms with Crippen molar-refractivity contribution in [2.75, 3.05) is 7.11 Å². The van der Waals surface area contributed by atoms with Crippen molar-refractivity contribution in [3.8, 4) is 0 Å². The van der Waals surface area contributed by atoms with Gasteiger partial charge in [0, 0.05) is 24.7 Å². The summed E-state index contributed by atoms with van der Waals surface area (Å²) in [6.45, 7) is 8.61. The minimum Gasteiger partial charge on any atom is -0.357 e. The summed E-state index contributed by atoms with van der Waals surface area (Å²) in [5, 5.41) is 0. The van der Waals surface area contributed by atoms with Gasteiger partial charge in [-0.25, -0.2) is 0 Å². The fourth-order valence-corrected chi connectivity index (χ4v) is 2.65. The average molecular weight is 197 g/mol. The first-order chi connectivity index (χ1) is 6.53. The van der Waals surface area contributed by atoms with Crippen molar-refractivity contribution in [2.24, 2.45) is 16.8 Å². The average Bonchev–Trinajstić information content (AvgIpc) is 2.11. The molecule has 1 rings (SSSR count). The SMILES string of the molecule is COC1(N=C(C)C)C(C)CCCC1C. The van der Waals surface area contributed by atoms with Crippen LogP contribution in [0.2, 0.25) is 0 Å². The molecule has 0 spiro atoms. The zero-order chi connectivity index (χ0) is 10.8. The van der Waals surface area contributed by atoms with Crippen LogP contribution in [0, 0.1) is 11.8 Å². The summed E-state index contributed by atoms with van der Waals surface area (Å²) < 4.78 is 5.73. The molecule has 2 heteroatoms. The third kappa shape index (κ3) is 2.00. The van der Waals surface area contributed by atoms with Crippen molar-refractivity contribution >= 4 is 5.71 Å². The van der Waals surface area contributed by atoms with E-state index in [1.807, 2.05) is 0 Å². The van der Waals surface area contributed by atoms with Gasteiger partial charge in [-0.15, -0.1) is 0 Å². The lowest BCUT2D eigenvalue weighted by Crippen LogP contribution is -2.46. The van der Waals surface area contributed by atoms with E-state index in [4.69, 9.17) is 9.73 Å². The van der Waals surface area contributed by atoms with Crippen molar-refractivity contribution in [2.45, 2.75) is 52.7 Å². The number of ether oxygens (including phenoxy) is 1. The summed E-state index contributed by atoms with van der Waals surface area (Å²) in [4.78, 5) is 4.74. The van der Waals surface area contributed by atoms with E-state index in [0.717, 1.165) is 5.71 Å². The van der Waals surface area contributed by atoms with Crippen LogP contribution in [0.1, 0.15) is 47.0 Å². The van der Waals surface area contributed by atoms with Gasteiger partial charge in [0.05, 0.1) is 0 Å². The Labute approximate surface area is 87.8 Å². The summed E-state index contributed by atoms with van der Waals surface area (Å²) in [5.41, 5.74) is 0.865. The number of rotatable bonds is 2. The number of aliphatic imine (C=N–C) groups is 1. The van der Waals surface area contributed by atoms with Gasteiger partial charge in [-0.2, -0.15) is 0 Å². The molecule has 0 saturated heterocycles. The molecule has 1 aliphatic rings. The Morgan fingerprint density at radius 3 is 2.07 bits per heavy atom. The van der Waals surface area contributed by atoms with E-state index in [2.05, 4.69) is 27.7 Å². The highest BCUT2D eigenvalue weighted by Crippen LogP contribution is 2.41. The first-order valence-electron chi connectivity index (χ1n) is 5.61. The van der Waals surface area contributed by atoms with Crippen molar-refractivity contribution in [3.05, 3.63) is 0 Å². The topological polar surface area (TPSA) is 21.6 Å². The standard InChI is InChI=1S/C12H23NO/c1-9(2)13-12(14-5)10(3)7-6-8-11(12)4/h10-11H,6-8H2,1-5H3. The zero-order valence-corrected chi connectivity index (χ0v) is 10.1. The van der Waals surface area contributed by atoms with Crippen molar-refractivity contribution in [3.63, 3.8) is 0 Å². The van der Waals surface area contributed by atoms with Crippen molar-refractivity contribution < 1.29 is 4.74 Å². The van der Waals surface area contributed by atoms with Gasteiger partial charge >= 0.3 is 0 Å². The lowest BCUT2D eigenvalue weighted by molar-refractivity contribution is -0.106. The molecule has 0 aliphatic heterocycles. The van der Waals surface area contributed by atoms with Crippen LogP contribution in [0.25, 0.3) is 0 Å². The summed E-state index contributed by atoms with van der Waals surface area (Å²) in [7, 11) is 1.80. The number of nitrogens with zero attached hydrogens (tertiary/aromatic N) is 1. The molecule has 0 aromatic rings. The summed E-state index contributed by atoms with van der Waals surface area (Å²) in [6.07, 6.45) is 3.77. The summed E-state index contributed by atoms with van der Waals surface area (Å²) >= 11 is 0. The van der Waals surface area contributed by atoms with Gasteiger partial charge < -0.3 is 4.74 Å². The van der Waals surface area contributed by atoms with E-state index >= 15 is 0 Å². The van der Waals surface area contributed by atoms with Crippen LogP contribution in [-0.4, -0.2) is 18.5 Å². The predicted octanol–water partition coefficient (Wildman–Crippen LogP) is 3.27. The zero-order valence-electron chi connectivity index (χ0n) is 10.1. The number of hydrogen-bond donors (Lipinski definition) is 0. The Morgan fingerprint density at radius 2 is 1.71 bits per heavy atom.